The summed E-state index contributed by atoms with van der Waals surface area (Å²) < 4.78 is 51.5. The minimum Gasteiger partial charge on any atom is -0.502 e. The lowest BCUT2D eigenvalue weighted by Gasteiger charge is -2.47. The van der Waals surface area contributed by atoms with Crippen molar-refractivity contribution in [2.24, 2.45) is 11.8 Å². The molecule has 5 aliphatic rings. The van der Waals surface area contributed by atoms with Crippen LogP contribution in [0, 0.1) is 11.8 Å². The van der Waals surface area contributed by atoms with Gasteiger partial charge in [0.05, 0.1) is 39.5 Å². The molecule has 1 aliphatic carbocycles. The minimum absolute atomic E-state index is 0.0301. The molecule has 7 rings (SSSR count). The highest BCUT2D eigenvalue weighted by Crippen LogP contribution is 2.57. The number of aromatic hydroxyl groups is 1. The summed E-state index contributed by atoms with van der Waals surface area (Å²) in [5, 5.41) is 32.5. The first-order valence-corrected chi connectivity index (χ1v) is 13.8. The zero-order valence-electron chi connectivity index (χ0n) is 23.1. The lowest BCUT2D eigenvalue weighted by Crippen LogP contribution is -2.63. The number of fused-ring (bicyclic) bond motifs is 4. The number of phenols is 1. The van der Waals surface area contributed by atoms with Crippen LogP contribution in [0.5, 0.6) is 28.7 Å². The van der Waals surface area contributed by atoms with Crippen molar-refractivity contribution < 1.29 is 62.7 Å². The highest BCUT2D eigenvalue weighted by Gasteiger charge is 2.56. The Morgan fingerprint density at radius 2 is 1.57 bits per heavy atom. The fraction of sp³-hybridized carbons (Fsp3) is 0.552. The van der Waals surface area contributed by atoms with Gasteiger partial charge in [-0.25, -0.2) is 0 Å². The molecule has 42 heavy (non-hydrogen) atoms. The monoisotopic (exact) mass is 588 g/mol. The first kappa shape index (κ1) is 27.5. The molecule has 3 N–H and O–H groups in total. The number of rotatable bonds is 5. The highest BCUT2D eigenvalue weighted by molar-refractivity contribution is 5.79. The van der Waals surface area contributed by atoms with Crippen molar-refractivity contribution >= 4 is 5.97 Å². The van der Waals surface area contributed by atoms with Crippen LogP contribution in [0.15, 0.2) is 24.3 Å². The summed E-state index contributed by atoms with van der Waals surface area (Å²) in [7, 11) is 2.86. The second kappa shape index (κ2) is 10.4. The number of aliphatic hydroxyl groups is 2. The predicted molar refractivity (Wildman–Crippen MR) is 138 cm³/mol. The standard InChI is InChI=1S/C29H32O13/c1-11-36-9-20-27(40-11)24(31)25(32)29(41-20)42-26-14-7-17-16(38-10-39-17)6-13(14)21(22-15(26)8-37-28(22)33)12-4-18(34-2)23(30)19(5-12)35-3/h4-7,11,15,20-22,24-27,29-32H,8-10H2,1-3H3/t11?,15-,20-,21+,22-,24-,25-,26+,27-,29+/m0/s1. The summed E-state index contributed by atoms with van der Waals surface area (Å²) in [5.74, 6) is -1.02. The van der Waals surface area contributed by atoms with Crippen molar-refractivity contribution in [3.05, 3.63) is 41.0 Å². The van der Waals surface area contributed by atoms with Gasteiger partial charge in [0.25, 0.3) is 0 Å². The number of hydrogen-bond donors (Lipinski definition) is 3. The fourth-order valence-corrected chi connectivity index (χ4v) is 6.74. The van der Waals surface area contributed by atoms with Crippen LogP contribution in [-0.2, 0) is 28.5 Å². The van der Waals surface area contributed by atoms with Crippen LogP contribution in [0.3, 0.4) is 0 Å². The number of esters is 1. The number of hydrogen-bond acceptors (Lipinski definition) is 13. The molecule has 226 valence electrons. The largest absolute Gasteiger partial charge is 0.502 e. The molecule has 0 aromatic heterocycles. The lowest BCUT2D eigenvalue weighted by atomic mass is 9.66. The molecular weight excluding hydrogens is 556 g/mol. The molecular formula is C29H32O13. The van der Waals surface area contributed by atoms with Gasteiger partial charge in [-0.2, -0.15) is 0 Å². The van der Waals surface area contributed by atoms with Gasteiger partial charge in [0, 0.05) is 11.8 Å². The van der Waals surface area contributed by atoms with E-state index >= 15 is 0 Å². The van der Waals surface area contributed by atoms with Crippen molar-refractivity contribution in [2.45, 2.75) is 55.9 Å². The quantitative estimate of drug-likeness (QED) is 0.430. The molecule has 2 aromatic rings. The van der Waals surface area contributed by atoms with Crippen LogP contribution >= 0.6 is 0 Å². The van der Waals surface area contributed by atoms with E-state index in [0.29, 0.717) is 28.2 Å². The van der Waals surface area contributed by atoms with E-state index in [0.717, 1.165) is 0 Å². The molecule has 0 saturated carbocycles. The Morgan fingerprint density at radius 1 is 0.881 bits per heavy atom. The number of phenolic OH excluding ortho intramolecular Hbond substituents is 1. The molecule has 0 bridgehead atoms. The summed E-state index contributed by atoms with van der Waals surface area (Å²) >= 11 is 0. The van der Waals surface area contributed by atoms with Crippen molar-refractivity contribution in [3.8, 4) is 28.7 Å². The number of carbonyl (C=O) groups excluding carboxylic acids is 1. The number of methoxy groups -OCH3 is 2. The average molecular weight is 589 g/mol. The van der Waals surface area contributed by atoms with E-state index in [-0.39, 0.29) is 37.3 Å². The third-order valence-corrected chi connectivity index (χ3v) is 8.75. The molecule has 13 nitrogen and oxygen atoms in total. The van der Waals surface area contributed by atoms with E-state index in [1.807, 2.05) is 0 Å². The summed E-state index contributed by atoms with van der Waals surface area (Å²) in [6.07, 6.45) is -6.80. The number of aliphatic hydroxyl groups excluding tert-OH is 2. The van der Waals surface area contributed by atoms with Crippen molar-refractivity contribution in [2.75, 3.05) is 34.2 Å². The van der Waals surface area contributed by atoms with Crippen molar-refractivity contribution in [3.63, 3.8) is 0 Å². The molecule has 10 atom stereocenters. The summed E-state index contributed by atoms with van der Waals surface area (Å²) in [5.41, 5.74) is 2.01. The zero-order valence-corrected chi connectivity index (χ0v) is 23.1. The number of ether oxygens (including phenoxy) is 9. The summed E-state index contributed by atoms with van der Waals surface area (Å²) in [6.45, 7) is 1.93. The Labute approximate surface area is 240 Å². The second-order valence-electron chi connectivity index (χ2n) is 11.0. The molecule has 0 spiro atoms. The van der Waals surface area contributed by atoms with E-state index < -0.39 is 66.8 Å². The third-order valence-electron chi connectivity index (χ3n) is 8.75. The van der Waals surface area contributed by atoms with Gasteiger partial charge >= 0.3 is 5.97 Å². The van der Waals surface area contributed by atoms with Gasteiger partial charge in [-0.05, 0) is 47.9 Å². The molecule has 0 radical (unpaired) electrons. The van der Waals surface area contributed by atoms with Gasteiger partial charge in [0.15, 0.2) is 35.6 Å². The van der Waals surface area contributed by atoms with Crippen LogP contribution in [0.2, 0.25) is 0 Å². The van der Waals surface area contributed by atoms with E-state index in [9.17, 15) is 20.1 Å². The minimum atomic E-state index is -1.44. The van der Waals surface area contributed by atoms with Crippen molar-refractivity contribution in [1.82, 2.24) is 0 Å². The Bertz CT molecular complexity index is 1350. The predicted octanol–water partition coefficient (Wildman–Crippen LogP) is 1.34. The smallest absolute Gasteiger partial charge is 0.310 e. The normalized spacial score (nSPS) is 36.5. The number of carbonyl (C=O) groups is 1. The first-order chi connectivity index (χ1) is 20.3. The Morgan fingerprint density at radius 3 is 2.26 bits per heavy atom. The van der Waals surface area contributed by atoms with Crippen LogP contribution in [0.25, 0.3) is 0 Å². The van der Waals surface area contributed by atoms with Gasteiger partial charge in [-0.3, -0.25) is 4.79 Å². The summed E-state index contributed by atoms with van der Waals surface area (Å²) in [4.78, 5) is 13.4. The van der Waals surface area contributed by atoms with Gasteiger partial charge < -0.3 is 58.0 Å². The van der Waals surface area contributed by atoms with E-state index in [4.69, 9.17) is 42.6 Å². The zero-order chi connectivity index (χ0) is 29.3. The number of benzene rings is 2. The highest BCUT2D eigenvalue weighted by atomic mass is 16.8. The Kier molecular flexibility index (Phi) is 6.83. The van der Waals surface area contributed by atoms with Crippen LogP contribution in [0.1, 0.15) is 35.6 Å². The summed E-state index contributed by atoms with van der Waals surface area (Å²) in [6, 6.07) is 6.93. The van der Waals surface area contributed by atoms with Crippen molar-refractivity contribution in [1.29, 1.82) is 0 Å². The fourth-order valence-electron chi connectivity index (χ4n) is 6.74. The maximum absolute atomic E-state index is 13.4. The second-order valence-corrected chi connectivity index (χ2v) is 11.0. The molecule has 4 aliphatic heterocycles. The Balaban J connectivity index is 1.32. The molecule has 3 saturated heterocycles. The average Bonchev–Trinajstić information content (AvgIpc) is 3.61. The van der Waals surface area contributed by atoms with Crippen LogP contribution < -0.4 is 18.9 Å². The molecule has 4 heterocycles. The van der Waals surface area contributed by atoms with E-state index in [1.165, 1.54) is 14.2 Å². The Hall–Kier alpha value is -3.33. The third kappa shape index (κ3) is 4.26. The van der Waals surface area contributed by atoms with Gasteiger partial charge in [-0.1, -0.05) is 0 Å². The van der Waals surface area contributed by atoms with Crippen LogP contribution in [-0.4, -0.2) is 92.5 Å². The maximum atomic E-state index is 13.4. The molecule has 3 fully saturated rings. The van der Waals surface area contributed by atoms with E-state index in [2.05, 4.69) is 0 Å². The molecule has 0 amide bonds. The first-order valence-electron chi connectivity index (χ1n) is 13.8. The van der Waals surface area contributed by atoms with E-state index in [1.54, 1.807) is 31.2 Å². The number of cyclic esters (lactones) is 1. The molecule has 13 heteroatoms. The van der Waals surface area contributed by atoms with Gasteiger partial charge in [0.2, 0.25) is 12.5 Å². The lowest BCUT2D eigenvalue weighted by molar-refractivity contribution is -0.364. The topological polar surface area (TPSA) is 161 Å². The molecule has 1 unspecified atom stereocenters. The molecule has 2 aromatic carbocycles. The van der Waals surface area contributed by atoms with Gasteiger partial charge in [-0.15, -0.1) is 0 Å². The maximum Gasteiger partial charge on any atom is 0.310 e. The van der Waals surface area contributed by atoms with Gasteiger partial charge in [0.1, 0.15) is 24.4 Å². The SMILES string of the molecule is COc1cc([C@@H]2c3cc4c(cc3[C@@H](O[C@H]3O[C@H]5COC(C)O[C@@H]5[C@@H](O)[C@@H]3O)[C@H]3COC(=O)[C@H]23)OCO4)cc(OC)c1O. The van der Waals surface area contributed by atoms with Crippen LogP contribution in [0.4, 0.5) is 0 Å².